The maximum atomic E-state index is 5.87. The molecule has 0 saturated carbocycles. The van der Waals surface area contributed by atoms with E-state index in [1.807, 2.05) is 31.2 Å². The smallest absolute Gasteiger partial charge is 0.134 e. The highest BCUT2D eigenvalue weighted by molar-refractivity contribution is 6.05. The number of methoxy groups -OCH3 is 1. The first kappa shape index (κ1) is 11.8. The van der Waals surface area contributed by atoms with Crippen molar-refractivity contribution >= 4 is 21.5 Å². The summed E-state index contributed by atoms with van der Waals surface area (Å²) in [5, 5.41) is 4.61. The number of hydrogen-bond acceptors (Lipinski definition) is 2. The average molecular weight is 252 g/mol. The lowest BCUT2D eigenvalue weighted by atomic mass is 10.0. The zero-order valence-electron chi connectivity index (χ0n) is 11.1. The molecule has 0 aliphatic rings. The summed E-state index contributed by atoms with van der Waals surface area (Å²) in [5.74, 6) is 1.82. The highest BCUT2D eigenvalue weighted by Gasteiger charge is 2.08. The molecule has 0 fully saturated rings. The van der Waals surface area contributed by atoms with Crippen LogP contribution in [0.3, 0.4) is 0 Å². The molecular weight excluding hydrogens is 236 g/mol. The monoisotopic (exact) mass is 252 g/mol. The summed E-state index contributed by atoms with van der Waals surface area (Å²) in [5.41, 5.74) is 0. The number of hydrogen-bond donors (Lipinski definition) is 0. The minimum absolute atomic E-state index is 0.662. The highest BCUT2D eigenvalue weighted by Crippen LogP contribution is 2.36. The Balaban J connectivity index is 2.39. The fourth-order valence-electron chi connectivity index (χ4n) is 2.44. The maximum absolute atomic E-state index is 5.87. The largest absolute Gasteiger partial charge is 0.497 e. The molecule has 0 saturated heterocycles. The number of rotatable bonds is 3. The van der Waals surface area contributed by atoms with Gasteiger partial charge in [-0.1, -0.05) is 24.3 Å². The van der Waals surface area contributed by atoms with Crippen LogP contribution in [-0.4, -0.2) is 13.7 Å². The first-order chi connectivity index (χ1) is 9.33. The summed E-state index contributed by atoms with van der Waals surface area (Å²) in [6.45, 7) is 2.67. The second-order valence-electron chi connectivity index (χ2n) is 4.45. The molecule has 0 aliphatic heterocycles. The Bertz CT molecular complexity index is 732. The van der Waals surface area contributed by atoms with Crippen molar-refractivity contribution in [3.8, 4) is 11.5 Å². The Hall–Kier alpha value is -2.22. The predicted octanol–water partition coefficient (Wildman–Crippen LogP) is 4.40. The van der Waals surface area contributed by atoms with E-state index >= 15 is 0 Å². The molecule has 19 heavy (non-hydrogen) atoms. The van der Waals surface area contributed by atoms with Crippen molar-refractivity contribution in [2.24, 2.45) is 0 Å². The third-order valence-corrected chi connectivity index (χ3v) is 3.31. The molecule has 2 heteroatoms. The first-order valence-electron chi connectivity index (χ1n) is 6.46. The van der Waals surface area contributed by atoms with E-state index in [-0.39, 0.29) is 0 Å². The van der Waals surface area contributed by atoms with E-state index in [1.165, 1.54) is 5.39 Å². The molecule has 3 aromatic rings. The Morgan fingerprint density at radius 2 is 1.68 bits per heavy atom. The van der Waals surface area contributed by atoms with Crippen LogP contribution in [0.5, 0.6) is 11.5 Å². The van der Waals surface area contributed by atoms with Gasteiger partial charge < -0.3 is 9.47 Å². The van der Waals surface area contributed by atoms with Gasteiger partial charge >= 0.3 is 0 Å². The van der Waals surface area contributed by atoms with Crippen molar-refractivity contribution < 1.29 is 9.47 Å². The van der Waals surface area contributed by atoms with Crippen molar-refractivity contribution in [3.63, 3.8) is 0 Å². The number of ether oxygens (including phenoxy) is 2. The Morgan fingerprint density at radius 3 is 2.47 bits per heavy atom. The van der Waals surface area contributed by atoms with Crippen molar-refractivity contribution in [2.45, 2.75) is 6.92 Å². The summed E-state index contributed by atoms with van der Waals surface area (Å²) >= 11 is 0. The molecule has 3 aromatic carbocycles. The topological polar surface area (TPSA) is 18.5 Å². The van der Waals surface area contributed by atoms with Gasteiger partial charge in [0.1, 0.15) is 11.5 Å². The molecule has 0 spiro atoms. The van der Waals surface area contributed by atoms with E-state index in [2.05, 4.69) is 24.3 Å². The van der Waals surface area contributed by atoms with Crippen LogP contribution in [0.2, 0.25) is 0 Å². The van der Waals surface area contributed by atoms with Crippen molar-refractivity contribution in [2.75, 3.05) is 13.7 Å². The summed E-state index contributed by atoms with van der Waals surface area (Å²) in [6.07, 6.45) is 0. The lowest BCUT2D eigenvalue weighted by Gasteiger charge is -2.12. The zero-order valence-corrected chi connectivity index (χ0v) is 11.1. The SMILES string of the molecule is CCOc1c2ccccc2cc2cc(OC)ccc12. The van der Waals surface area contributed by atoms with Crippen LogP contribution in [0.1, 0.15) is 6.92 Å². The van der Waals surface area contributed by atoms with E-state index in [9.17, 15) is 0 Å². The first-order valence-corrected chi connectivity index (χ1v) is 6.46. The third kappa shape index (κ3) is 1.99. The second-order valence-corrected chi connectivity index (χ2v) is 4.45. The zero-order chi connectivity index (χ0) is 13.2. The normalized spacial score (nSPS) is 10.8. The van der Waals surface area contributed by atoms with E-state index < -0.39 is 0 Å². The van der Waals surface area contributed by atoms with Crippen LogP contribution in [0.15, 0.2) is 48.5 Å². The van der Waals surface area contributed by atoms with Crippen molar-refractivity contribution in [1.82, 2.24) is 0 Å². The van der Waals surface area contributed by atoms with Crippen LogP contribution >= 0.6 is 0 Å². The van der Waals surface area contributed by atoms with Gasteiger partial charge in [0.05, 0.1) is 13.7 Å². The molecule has 0 amide bonds. The van der Waals surface area contributed by atoms with Crippen LogP contribution < -0.4 is 9.47 Å². The lowest BCUT2D eigenvalue weighted by Crippen LogP contribution is -1.94. The fourth-order valence-corrected chi connectivity index (χ4v) is 2.44. The van der Waals surface area contributed by atoms with E-state index in [4.69, 9.17) is 9.47 Å². The number of fused-ring (bicyclic) bond motifs is 2. The minimum Gasteiger partial charge on any atom is -0.497 e. The van der Waals surface area contributed by atoms with Gasteiger partial charge in [0.15, 0.2) is 0 Å². The molecule has 0 unspecified atom stereocenters. The van der Waals surface area contributed by atoms with Crippen LogP contribution in [-0.2, 0) is 0 Å². The molecular formula is C17H16O2. The minimum atomic E-state index is 0.662. The quantitative estimate of drug-likeness (QED) is 0.643. The standard InChI is InChI=1S/C17H16O2/c1-3-19-17-15-7-5-4-6-12(15)10-13-11-14(18-2)8-9-16(13)17/h4-11H,3H2,1-2H3. The summed E-state index contributed by atoms with van der Waals surface area (Å²) in [7, 11) is 1.69. The molecule has 0 aliphatic carbocycles. The molecule has 0 aromatic heterocycles. The molecule has 0 N–H and O–H groups in total. The van der Waals surface area contributed by atoms with Crippen molar-refractivity contribution in [1.29, 1.82) is 0 Å². The summed E-state index contributed by atoms with van der Waals surface area (Å²) in [4.78, 5) is 0. The summed E-state index contributed by atoms with van der Waals surface area (Å²) in [6, 6.07) is 16.6. The van der Waals surface area contributed by atoms with Gasteiger partial charge in [-0.05, 0) is 42.0 Å². The molecule has 2 nitrogen and oxygen atoms in total. The van der Waals surface area contributed by atoms with Gasteiger partial charge in [-0.15, -0.1) is 0 Å². The van der Waals surface area contributed by atoms with Gasteiger partial charge in [0, 0.05) is 10.8 Å². The van der Waals surface area contributed by atoms with Gasteiger partial charge in [0.2, 0.25) is 0 Å². The Morgan fingerprint density at radius 1 is 0.895 bits per heavy atom. The molecule has 0 heterocycles. The molecule has 0 radical (unpaired) electrons. The fraction of sp³-hybridized carbons (Fsp3) is 0.176. The summed E-state index contributed by atoms with van der Waals surface area (Å²) < 4.78 is 11.2. The molecule has 3 rings (SSSR count). The number of benzene rings is 3. The molecule has 0 atom stereocenters. The van der Waals surface area contributed by atoms with Gasteiger partial charge in [-0.25, -0.2) is 0 Å². The highest BCUT2D eigenvalue weighted by atomic mass is 16.5. The van der Waals surface area contributed by atoms with E-state index in [0.717, 1.165) is 27.7 Å². The van der Waals surface area contributed by atoms with E-state index in [1.54, 1.807) is 7.11 Å². The third-order valence-electron chi connectivity index (χ3n) is 3.31. The molecule has 96 valence electrons. The van der Waals surface area contributed by atoms with Gasteiger partial charge in [0.25, 0.3) is 0 Å². The predicted molar refractivity (Wildman–Crippen MR) is 79.2 cm³/mol. The lowest BCUT2D eigenvalue weighted by molar-refractivity contribution is 0.348. The Labute approximate surface area is 112 Å². The van der Waals surface area contributed by atoms with Crippen LogP contribution in [0, 0.1) is 0 Å². The van der Waals surface area contributed by atoms with Gasteiger partial charge in [-0.3, -0.25) is 0 Å². The second kappa shape index (κ2) is 4.81. The maximum Gasteiger partial charge on any atom is 0.134 e. The average Bonchev–Trinajstić information content (AvgIpc) is 2.46. The van der Waals surface area contributed by atoms with Crippen LogP contribution in [0.4, 0.5) is 0 Å². The van der Waals surface area contributed by atoms with Crippen LogP contribution in [0.25, 0.3) is 21.5 Å². The van der Waals surface area contributed by atoms with Crippen molar-refractivity contribution in [3.05, 3.63) is 48.5 Å². The van der Waals surface area contributed by atoms with E-state index in [0.29, 0.717) is 6.61 Å². The molecule has 0 bridgehead atoms. The van der Waals surface area contributed by atoms with Gasteiger partial charge in [-0.2, -0.15) is 0 Å². The Kier molecular flexibility index (Phi) is 3.00.